The second-order valence-corrected chi connectivity index (χ2v) is 8.28. The first-order valence-corrected chi connectivity index (χ1v) is 10.3. The third kappa shape index (κ3) is 2.92. The van der Waals surface area contributed by atoms with Gasteiger partial charge in [0.25, 0.3) is 0 Å². The molecule has 1 aromatic heterocycles. The molecule has 0 bridgehead atoms. The van der Waals surface area contributed by atoms with Crippen molar-refractivity contribution in [2.45, 2.75) is 20.0 Å². The lowest BCUT2D eigenvalue weighted by atomic mass is 9.94. The lowest BCUT2D eigenvalue weighted by molar-refractivity contribution is 0.282. The van der Waals surface area contributed by atoms with Crippen LogP contribution < -0.4 is 0 Å². The maximum absolute atomic E-state index is 9.43. The topological polar surface area (TPSA) is 20.2 Å². The summed E-state index contributed by atoms with van der Waals surface area (Å²) in [6.07, 6.45) is 3.54. The van der Waals surface area contributed by atoms with Crippen LogP contribution in [0.25, 0.3) is 26.8 Å². The molecule has 122 valence electrons. The minimum absolute atomic E-state index is 0.0926. The summed E-state index contributed by atoms with van der Waals surface area (Å²) in [6.45, 7) is 2.30. The van der Waals surface area contributed by atoms with Gasteiger partial charge in [-0.3, -0.25) is 0 Å². The van der Waals surface area contributed by atoms with Gasteiger partial charge in [-0.2, -0.15) is 11.8 Å². The summed E-state index contributed by atoms with van der Waals surface area (Å²) in [7, 11) is 0. The van der Waals surface area contributed by atoms with E-state index in [-0.39, 0.29) is 6.61 Å². The second-order valence-electron chi connectivity index (χ2n) is 6.22. The maximum atomic E-state index is 9.43. The Hall–Kier alpha value is -1.55. The molecule has 0 aliphatic carbocycles. The SMILES string of the molecule is Cc1cc(C2=CCSCC2)ccc1-c1csc2ccc(CO)cc12. The van der Waals surface area contributed by atoms with Crippen LogP contribution in [0.15, 0.2) is 47.9 Å². The van der Waals surface area contributed by atoms with E-state index in [0.717, 1.165) is 11.3 Å². The van der Waals surface area contributed by atoms with E-state index in [1.165, 1.54) is 50.1 Å². The first kappa shape index (κ1) is 15.9. The summed E-state index contributed by atoms with van der Waals surface area (Å²) in [6, 6.07) is 13.1. The van der Waals surface area contributed by atoms with Crippen molar-refractivity contribution in [3.05, 3.63) is 64.5 Å². The van der Waals surface area contributed by atoms with Gasteiger partial charge in [-0.1, -0.05) is 30.3 Å². The first-order chi connectivity index (χ1) is 11.8. The number of fused-ring (bicyclic) bond motifs is 1. The van der Waals surface area contributed by atoms with Gasteiger partial charge in [0.15, 0.2) is 0 Å². The molecule has 4 rings (SSSR count). The fourth-order valence-corrected chi connectivity index (χ4v) is 5.13. The zero-order valence-corrected chi connectivity index (χ0v) is 15.3. The largest absolute Gasteiger partial charge is 0.392 e. The highest BCUT2D eigenvalue weighted by Gasteiger charge is 2.12. The van der Waals surface area contributed by atoms with Crippen LogP contribution in [0.3, 0.4) is 0 Å². The molecule has 1 nitrogen and oxygen atoms in total. The molecular formula is C21H20OS2. The molecule has 1 N–H and O–H groups in total. The molecule has 1 aliphatic heterocycles. The van der Waals surface area contributed by atoms with Crippen molar-refractivity contribution in [3.8, 4) is 11.1 Å². The zero-order chi connectivity index (χ0) is 16.5. The van der Waals surface area contributed by atoms with Gasteiger partial charge in [0, 0.05) is 21.4 Å². The van der Waals surface area contributed by atoms with E-state index in [0.29, 0.717) is 0 Å². The summed E-state index contributed by atoms with van der Waals surface area (Å²) in [5.74, 6) is 2.36. The Labute approximate surface area is 151 Å². The molecule has 1 aliphatic rings. The van der Waals surface area contributed by atoms with Gasteiger partial charge in [0.2, 0.25) is 0 Å². The number of aliphatic hydroxyl groups excluding tert-OH is 1. The monoisotopic (exact) mass is 352 g/mol. The molecule has 0 radical (unpaired) electrons. The molecule has 2 aromatic carbocycles. The summed E-state index contributed by atoms with van der Waals surface area (Å²) in [5.41, 5.74) is 7.73. The summed E-state index contributed by atoms with van der Waals surface area (Å²) in [4.78, 5) is 0. The minimum Gasteiger partial charge on any atom is -0.392 e. The summed E-state index contributed by atoms with van der Waals surface area (Å²) >= 11 is 3.78. The number of aryl methyl sites for hydroxylation is 1. The molecule has 0 amide bonds. The Morgan fingerprint density at radius 3 is 2.75 bits per heavy atom. The molecule has 0 atom stereocenters. The van der Waals surface area contributed by atoms with E-state index < -0.39 is 0 Å². The Bertz CT molecular complexity index is 921. The Kier molecular flexibility index (Phi) is 4.49. The van der Waals surface area contributed by atoms with Crippen LogP contribution in [0.4, 0.5) is 0 Å². The molecule has 0 spiro atoms. The molecule has 3 heteroatoms. The van der Waals surface area contributed by atoms with Gasteiger partial charge < -0.3 is 5.11 Å². The number of hydrogen-bond acceptors (Lipinski definition) is 3. The van der Waals surface area contributed by atoms with Crippen molar-refractivity contribution in [2.75, 3.05) is 11.5 Å². The van der Waals surface area contributed by atoms with Gasteiger partial charge in [0.05, 0.1) is 6.61 Å². The van der Waals surface area contributed by atoms with Gasteiger partial charge in [-0.15, -0.1) is 11.3 Å². The number of hydrogen-bond donors (Lipinski definition) is 1. The van der Waals surface area contributed by atoms with Gasteiger partial charge >= 0.3 is 0 Å². The normalized spacial score (nSPS) is 14.8. The molecule has 0 saturated heterocycles. The van der Waals surface area contributed by atoms with Gasteiger partial charge in [-0.05, 0) is 64.4 Å². The fourth-order valence-electron chi connectivity index (χ4n) is 3.34. The number of rotatable bonds is 3. The van der Waals surface area contributed by atoms with Crippen LogP contribution in [0.1, 0.15) is 23.1 Å². The van der Waals surface area contributed by atoms with E-state index in [2.05, 4.69) is 48.7 Å². The molecule has 3 aromatic rings. The van der Waals surface area contributed by atoms with Crippen molar-refractivity contribution in [2.24, 2.45) is 0 Å². The number of thiophene rings is 1. The number of aliphatic hydroxyl groups is 1. The van der Waals surface area contributed by atoms with Crippen LogP contribution >= 0.6 is 23.1 Å². The van der Waals surface area contributed by atoms with Crippen molar-refractivity contribution < 1.29 is 5.11 Å². The first-order valence-electron chi connectivity index (χ1n) is 8.25. The Morgan fingerprint density at radius 2 is 2.00 bits per heavy atom. The van der Waals surface area contributed by atoms with Crippen molar-refractivity contribution in [1.82, 2.24) is 0 Å². The quantitative estimate of drug-likeness (QED) is 0.634. The lowest BCUT2D eigenvalue weighted by Gasteiger charge is -2.15. The van der Waals surface area contributed by atoms with E-state index in [1.807, 2.05) is 17.8 Å². The minimum atomic E-state index is 0.0926. The van der Waals surface area contributed by atoms with Gasteiger partial charge in [-0.25, -0.2) is 0 Å². The highest BCUT2D eigenvalue weighted by Crippen LogP contribution is 2.37. The van der Waals surface area contributed by atoms with Crippen molar-refractivity contribution in [1.29, 1.82) is 0 Å². The summed E-state index contributed by atoms with van der Waals surface area (Å²) in [5, 5.41) is 12.9. The highest BCUT2D eigenvalue weighted by molar-refractivity contribution is 7.99. The van der Waals surface area contributed by atoms with Crippen molar-refractivity contribution in [3.63, 3.8) is 0 Å². The standard InChI is InChI=1S/C21H20OS2/c1-14-10-17(16-6-8-23-9-7-16)3-4-18(14)20-13-24-21-5-2-15(12-22)11-19(20)21/h2-6,10-11,13,22H,7-9,12H2,1H3. The average Bonchev–Trinajstić information content (AvgIpc) is 3.05. The molecular weight excluding hydrogens is 332 g/mol. The predicted octanol–water partition coefficient (Wildman–Crippen LogP) is 5.89. The maximum Gasteiger partial charge on any atom is 0.0682 e. The number of benzene rings is 2. The lowest BCUT2D eigenvalue weighted by Crippen LogP contribution is -1.96. The van der Waals surface area contributed by atoms with Crippen LogP contribution in [0.5, 0.6) is 0 Å². The van der Waals surface area contributed by atoms with E-state index in [4.69, 9.17) is 0 Å². The van der Waals surface area contributed by atoms with Gasteiger partial charge in [0.1, 0.15) is 0 Å². The second kappa shape index (κ2) is 6.75. The zero-order valence-electron chi connectivity index (χ0n) is 13.7. The highest BCUT2D eigenvalue weighted by atomic mass is 32.2. The van der Waals surface area contributed by atoms with Crippen LogP contribution in [0.2, 0.25) is 0 Å². The average molecular weight is 353 g/mol. The van der Waals surface area contributed by atoms with E-state index >= 15 is 0 Å². The fraction of sp³-hybridized carbons (Fsp3) is 0.238. The van der Waals surface area contributed by atoms with Crippen LogP contribution in [0, 0.1) is 6.92 Å². The van der Waals surface area contributed by atoms with Crippen LogP contribution in [-0.4, -0.2) is 16.6 Å². The Balaban J connectivity index is 1.78. The third-order valence-electron chi connectivity index (χ3n) is 4.67. The molecule has 24 heavy (non-hydrogen) atoms. The molecule has 0 fully saturated rings. The predicted molar refractivity (Wildman–Crippen MR) is 108 cm³/mol. The molecule has 2 heterocycles. The smallest absolute Gasteiger partial charge is 0.0682 e. The van der Waals surface area contributed by atoms with E-state index in [9.17, 15) is 5.11 Å². The van der Waals surface area contributed by atoms with E-state index in [1.54, 1.807) is 11.3 Å². The number of thioether (sulfide) groups is 1. The van der Waals surface area contributed by atoms with Crippen LogP contribution in [-0.2, 0) is 6.61 Å². The third-order valence-corrected chi connectivity index (χ3v) is 6.53. The Morgan fingerprint density at radius 1 is 1.08 bits per heavy atom. The molecule has 0 saturated carbocycles. The van der Waals surface area contributed by atoms with Crippen molar-refractivity contribution >= 4 is 38.8 Å². The molecule has 0 unspecified atom stereocenters. The summed E-state index contributed by atoms with van der Waals surface area (Å²) < 4.78 is 1.28. The number of allylic oxidation sites excluding steroid dienone is 1.